The fourth-order valence-corrected chi connectivity index (χ4v) is 2.01. The summed E-state index contributed by atoms with van der Waals surface area (Å²) < 4.78 is 0. The molecule has 110 valence electrons. The van der Waals surface area contributed by atoms with Crippen molar-refractivity contribution in [3.63, 3.8) is 0 Å². The lowest BCUT2D eigenvalue weighted by Crippen LogP contribution is -2.40. The van der Waals surface area contributed by atoms with Crippen molar-refractivity contribution in [3.05, 3.63) is 29.3 Å². The number of nitrogens with one attached hydrogen (secondary N) is 1. The maximum Gasteiger partial charge on any atom is 0.335 e. The summed E-state index contributed by atoms with van der Waals surface area (Å²) in [4.78, 5) is 24.7. The molecule has 0 saturated carbocycles. The van der Waals surface area contributed by atoms with Gasteiger partial charge in [0.05, 0.1) is 12.1 Å². The van der Waals surface area contributed by atoms with Gasteiger partial charge >= 0.3 is 5.97 Å². The van der Waals surface area contributed by atoms with Crippen LogP contribution in [0.2, 0.25) is 0 Å². The molecule has 20 heavy (non-hydrogen) atoms. The van der Waals surface area contributed by atoms with Crippen LogP contribution in [0.1, 0.15) is 36.7 Å². The zero-order chi connectivity index (χ0) is 15.3. The molecule has 0 radical (unpaired) electrons. The van der Waals surface area contributed by atoms with Gasteiger partial charge in [-0.15, -0.1) is 0 Å². The van der Waals surface area contributed by atoms with Gasteiger partial charge in [0.15, 0.2) is 0 Å². The van der Waals surface area contributed by atoms with Crippen LogP contribution < -0.4 is 10.2 Å². The molecule has 0 heterocycles. The molecule has 0 unspecified atom stereocenters. The average molecular weight is 278 g/mol. The summed E-state index contributed by atoms with van der Waals surface area (Å²) in [5, 5.41) is 11.9. The molecule has 0 aliphatic rings. The number of hydrogen-bond acceptors (Lipinski definition) is 3. The summed E-state index contributed by atoms with van der Waals surface area (Å²) >= 11 is 0. The Labute approximate surface area is 119 Å². The van der Waals surface area contributed by atoms with Gasteiger partial charge in [0.25, 0.3) is 0 Å². The monoisotopic (exact) mass is 278 g/mol. The number of carbonyl (C=O) groups is 2. The number of nitrogens with zero attached hydrogens (tertiary/aromatic N) is 1. The van der Waals surface area contributed by atoms with Crippen LogP contribution in [-0.4, -0.2) is 36.1 Å². The van der Waals surface area contributed by atoms with Crippen LogP contribution in [0.3, 0.4) is 0 Å². The van der Waals surface area contributed by atoms with Gasteiger partial charge in [-0.25, -0.2) is 4.79 Å². The summed E-state index contributed by atoms with van der Waals surface area (Å²) in [6.45, 7) is 8.50. The Morgan fingerprint density at radius 3 is 2.45 bits per heavy atom. The van der Waals surface area contributed by atoms with Gasteiger partial charge < -0.3 is 15.3 Å². The lowest BCUT2D eigenvalue weighted by Gasteiger charge is -2.23. The number of aromatic carboxylic acids is 1. The van der Waals surface area contributed by atoms with E-state index in [4.69, 9.17) is 5.11 Å². The predicted octanol–water partition coefficient (Wildman–Crippen LogP) is 2.04. The molecular weight excluding hydrogens is 256 g/mol. The molecule has 0 spiro atoms. The van der Waals surface area contributed by atoms with E-state index in [-0.39, 0.29) is 24.1 Å². The van der Waals surface area contributed by atoms with Crippen molar-refractivity contribution in [2.24, 2.45) is 0 Å². The van der Waals surface area contributed by atoms with E-state index in [0.29, 0.717) is 12.1 Å². The standard InChI is InChI=1S/C15H22N2O3/c1-5-17(9-14(18)16-10(2)3)12-6-7-13(15(19)20)11(4)8-12/h6-8,10H,5,9H2,1-4H3,(H,16,18)(H,19,20). The second kappa shape index (κ2) is 6.93. The fraction of sp³-hybridized carbons (Fsp3) is 0.467. The molecule has 0 aliphatic carbocycles. The first-order valence-corrected chi connectivity index (χ1v) is 6.73. The van der Waals surface area contributed by atoms with Crippen LogP contribution >= 0.6 is 0 Å². The molecule has 5 heteroatoms. The number of rotatable bonds is 6. The third kappa shape index (κ3) is 4.26. The van der Waals surface area contributed by atoms with E-state index in [1.54, 1.807) is 25.1 Å². The lowest BCUT2D eigenvalue weighted by molar-refractivity contribution is -0.120. The summed E-state index contributed by atoms with van der Waals surface area (Å²) in [5.41, 5.74) is 1.84. The lowest BCUT2D eigenvalue weighted by atomic mass is 10.1. The summed E-state index contributed by atoms with van der Waals surface area (Å²) in [5.74, 6) is -0.975. The first-order chi connectivity index (χ1) is 9.35. The van der Waals surface area contributed by atoms with Crippen molar-refractivity contribution in [2.45, 2.75) is 33.7 Å². The van der Waals surface area contributed by atoms with Crippen molar-refractivity contribution < 1.29 is 14.7 Å². The Kier molecular flexibility index (Phi) is 5.55. The third-order valence-corrected chi connectivity index (χ3v) is 2.97. The molecule has 1 rings (SSSR count). The Hall–Kier alpha value is -2.04. The van der Waals surface area contributed by atoms with Gasteiger partial charge in [0.2, 0.25) is 5.91 Å². The van der Waals surface area contributed by atoms with Crippen molar-refractivity contribution in [1.82, 2.24) is 5.32 Å². The second-order valence-electron chi connectivity index (χ2n) is 5.04. The van der Waals surface area contributed by atoms with Gasteiger partial charge in [-0.1, -0.05) is 0 Å². The number of carbonyl (C=O) groups excluding carboxylic acids is 1. The van der Waals surface area contributed by atoms with Crippen LogP contribution in [0, 0.1) is 6.92 Å². The minimum Gasteiger partial charge on any atom is -0.478 e. The number of aryl methyl sites for hydroxylation is 1. The highest BCUT2D eigenvalue weighted by Gasteiger charge is 2.13. The zero-order valence-corrected chi connectivity index (χ0v) is 12.4. The quantitative estimate of drug-likeness (QED) is 0.835. The maximum atomic E-state index is 11.8. The molecule has 0 atom stereocenters. The SMILES string of the molecule is CCN(CC(=O)NC(C)C)c1ccc(C(=O)O)c(C)c1. The highest BCUT2D eigenvalue weighted by atomic mass is 16.4. The van der Waals surface area contributed by atoms with Crippen molar-refractivity contribution in [1.29, 1.82) is 0 Å². The van der Waals surface area contributed by atoms with E-state index in [9.17, 15) is 9.59 Å². The fourth-order valence-electron chi connectivity index (χ4n) is 2.01. The number of carboxylic acids is 1. The van der Waals surface area contributed by atoms with Crippen LogP contribution in [0.4, 0.5) is 5.69 Å². The number of benzene rings is 1. The zero-order valence-electron chi connectivity index (χ0n) is 12.4. The van der Waals surface area contributed by atoms with E-state index in [1.165, 1.54) is 0 Å². The minimum absolute atomic E-state index is 0.0400. The molecular formula is C15H22N2O3. The summed E-state index contributed by atoms with van der Waals surface area (Å²) in [6, 6.07) is 5.23. The molecule has 0 saturated heterocycles. The maximum absolute atomic E-state index is 11.8. The molecule has 1 amide bonds. The van der Waals surface area contributed by atoms with E-state index < -0.39 is 5.97 Å². The molecule has 1 aromatic carbocycles. The van der Waals surface area contributed by atoms with E-state index >= 15 is 0 Å². The van der Waals surface area contributed by atoms with Crippen molar-refractivity contribution in [3.8, 4) is 0 Å². The molecule has 0 fully saturated rings. The number of amides is 1. The minimum atomic E-state index is -0.936. The highest BCUT2D eigenvalue weighted by molar-refractivity contribution is 5.90. The van der Waals surface area contributed by atoms with Gasteiger partial charge in [0.1, 0.15) is 0 Å². The van der Waals surface area contributed by atoms with Gasteiger partial charge in [-0.2, -0.15) is 0 Å². The largest absolute Gasteiger partial charge is 0.478 e. The predicted molar refractivity (Wildman–Crippen MR) is 79.3 cm³/mol. The van der Waals surface area contributed by atoms with E-state index in [0.717, 1.165) is 5.69 Å². The van der Waals surface area contributed by atoms with Crippen LogP contribution in [0.15, 0.2) is 18.2 Å². The topological polar surface area (TPSA) is 69.6 Å². The van der Waals surface area contributed by atoms with Gasteiger partial charge in [0, 0.05) is 18.3 Å². The first kappa shape index (κ1) is 16.0. The van der Waals surface area contributed by atoms with E-state index in [2.05, 4.69) is 5.32 Å². The molecule has 2 N–H and O–H groups in total. The normalized spacial score (nSPS) is 10.4. The first-order valence-electron chi connectivity index (χ1n) is 6.73. The van der Waals surface area contributed by atoms with Crippen molar-refractivity contribution >= 4 is 17.6 Å². The van der Waals surface area contributed by atoms with Gasteiger partial charge in [-0.3, -0.25) is 4.79 Å². The third-order valence-electron chi connectivity index (χ3n) is 2.97. The molecule has 5 nitrogen and oxygen atoms in total. The smallest absolute Gasteiger partial charge is 0.335 e. The molecule has 0 bridgehead atoms. The van der Waals surface area contributed by atoms with E-state index in [1.807, 2.05) is 25.7 Å². The Morgan fingerprint density at radius 1 is 1.35 bits per heavy atom. The summed E-state index contributed by atoms with van der Waals surface area (Å²) in [7, 11) is 0. The molecule has 1 aromatic rings. The van der Waals surface area contributed by atoms with Crippen molar-refractivity contribution in [2.75, 3.05) is 18.0 Å². The molecule has 0 aliphatic heterocycles. The van der Waals surface area contributed by atoms with Crippen LogP contribution in [0.5, 0.6) is 0 Å². The Morgan fingerprint density at radius 2 is 2.00 bits per heavy atom. The molecule has 0 aromatic heterocycles. The number of anilines is 1. The second-order valence-corrected chi connectivity index (χ2v) is 5.04. The summed E-state index contributed by atoms with van der Waals surface area (Å²) in [6.07, 6.45) is 0. The van der Waals surface area contributed by atoms with Crippen LogP contribution in [-0.2, 0) is 4.79 Å². The average Bonchev–Trinajstić information content (AvgIpc) is 2.34. The number of hydrogen-bond donors (Lipinski definition) is 2. The van der Waals surface area contributed by atoms with Crippen LogP contribution in [0.25, 0.3) is 0 Å². The van der Waals surface area contributed by atoms with Gasteiger partial charge in [-0.05, 0) is 51.5 Å². The highest BCUT2D eigenvalue weighted by Crippen LogP contribution is 2.19. The number of likely N-dealkylation sites (N-methyl/N-ethyl adjacent to an activating group) is 1. The Bertz CT molecular complexity index is 498. The number of carboxylic acid groups (broad SMARTS) is 1. The Balaban J connectivity index is 2.88.